The highest BCUT2D eigenvalue weighted by atomic mass is 32.2. The van der Waals surface area contributed by atoms with Crippen molar-refractivity contribution in [2.24, 2.45) is 0 Å². The first-order valence-electron chi connectivity index (χ1n) is 10.1. The Morgan fingerprint density at radius 2 is 1.81 bits per heavy atom. The molecule has 0 saturated carbocycles. The predicted octanol–water partition coefficient (Wildman–Crippen LogP) is 2.89. The molecule has 168 valence electrons. The number of anilines is 1. The standard InChI is InChI=1S/C22H28N2O6S/c1-15(2)30-19-7-5-6-18(13-19)24(31(4,26)27)14-22(25)23-16(3)17-8-9-20-21(12-17)29-11-10-28-20/h5-9,12-13,15-16H,10-11,14H2,1-4H3,(H,23,25)/t16-/m1/s1. The monoisotopic (exact) mass is 448 g/mol. The van der Waals surface area contributed by atoms with Gasteiger partial charge in [0.05, 0.1) is 24.1 Å². The van der Waals surface area contributed by atoms with E-state index in [1.807, 2.05) is 32.9 Å². The van der Waals surface area contributed by atoms with Crippen LogP contribution in [0.3, 0.4) is 0 Å². The second kappa shape index (κ2) is 9.47. The normalized spacial score (nSPS) is 14.1. The van der Waals surface area contributed by atoms with Gasteiger partial charge in [-0.1, -0.05) is 12.1 Å². The molecule has 3 rings (SSSR count). The van der Waals surface area contributed by atoms with Gasteiger partial charge in [0.15, 0.2) is 11.5 Å². The fraction of sp³-hybridized carbons (Fsp3) is 0.409. The van der Waals surface area contributed by atoms with Crippen LogP contribution in [0.2, 0.25) is 0 Å². The van der Waals surface area contributed by atoms with Crippen LogP contribution in [-0.4, -0.2) is 46.4 Å². The lowest BCUT2D eigenvalue weighted by molar-refractivity contribution is -0.120. The fourth-order valence-electron chi connectivity index (χ4n) is 3.21. The first-order valence-corrected chi connectivity index (χ1v) is 11.9. The van der Waals surface area contributed by atoms with Crippen LogP contribution in [-0.2, 0) is 14.8 Å². The van der Waals surface area contributed by atoms with Crippen LogP contribution in [0.1, 0.15) is 32.4 Å². The minimum atomic E-state index is -3.69. The Morgan fingerprint density at radius 1 is 1.10 bits per heavy atom. The number of nitrogens with zero attached hydrogens (tertiary/aromatic N) is 1. The molecule has 0 bridgehead atoms. The van der Waals surface area contributed by atoms with Crippen molar-refractivity contribution >= 4 is 21.6 Å². The lowest BCUT2D eigenvalue weighted by Gasteiger charge is -2.24. The predicted molar refractivity (Wildman–Crippen MR) is 118 cm³/mol. The van der Waals surface area contributed by atoms with E-state index >= 15 is 0 Å². The number of sulfonamides is 1. The average Bonchev–Trinajstić information content (AvgIpc) is 2.70. The summed E-state index contributed by atoms with van der Waals surface area (Å²) in [6, 6.07) is 11.8. The molecule has 0 aromatic heterocycles. The van der Waals surface area contributed by atoms with E-state index in [0.29, 0.717) is 36.1 Å². The van der Waals surface area contributed by atoms with Crippen LogP contribution in [0, 0.1) is 0 Å². The van der Waals surface area contributed by atoms with Gasteiger partial charge < -0.3 is 19.5 Å². The third-order valence-corrected chi connectivity index (χ3v) is 5.75. The Bertz CT molecular complexity index is 1040. The number of hydrogen-bond acceptors (Lipinski definition) is 6. The highest BCUT2D eigenvalue weighted by Crippen LogP contribution is 2.32. The van der Waals surface area contributed by atoms with Gasteiger partial charge in [0.1, 0.15) is 25.5 Å². The van der Waals surface area contributed by atoms with Gasteiger partial charge in [-0.15, -0.1) is 0 Å². The summed E-state index contributed by atoms with van der Waals surface area (Å²) in [5, 5.41) is 2.85. The van der Waals surface area contributed by atoms with E-state index in [1.165, 1.54) is 0 Å². The summed E-state index contributed by atoms with van der Waals surface area (Å²) in [5.41, 5.74) is 1.19. The molecule has 1 aliphatic heterocycles. The fourth-order valence-corrected chi connectivity index (χ4v) is 4.06. The number of benzene rings is 2. The van der Waals surface area contributed by atoms with Gasteiger partial charge >= 0.3 is 0 Å². The maximum Gasteiger partial charge on any atom is 0.241 e. The number of fused-ring (bicyclic) bond motifs is 1. The van der Waals surface area contributed by atoms with Gasteiger partial charge in [-0.25, -0.2) is 8.42 Å². The number of nitrogens with one attached hydrogen (secondary N) is 1. The topological polar surface area (TPSA) is 94.2 Å². The largest absolute Gasteiger partial charge is 0.491 e. The van der Waals surface area contributed by atoms with Crippen molar-refractivity contribution in [3.05, 3.63) is 48.0 Å². The maximum absolute atomic E-state index is 12.7. The number of rotatable bonds is 8. The van der Waals surface area contributed by atoms with Gasteiger partial charge in [-0.2, -0.15) is 0 Å². The number of carbonyl (C=O) groups is 1. The number of carbonyl (C=O) groups excluding carboxylic acids is 1. The quantitative estimate of drug-likeness (QED) is 0.667. The Hall–Kier alpha value is -2.94. The summed E-state index contributed by atoms with van der Waals surface area (Å²) in [6.07, 6.45) is 1.01. The van der Waals surface area contributed by atoms with Crippen molar-refractivity contribution in [1.29, 1.82) is 0 Å². The van der Waals surface area contributed by atoms with Gasteiger partial charge in [-0.3, -0.25) is 9.10 Å². The van der Waals surface area contributed by atoms with Crippen LogP contribution in [0.15, 0.2) is 42.5 Å². The van der Waals surface area contributed by atoms with E-state index in [4.69, 9.17) is 14.2 Å². The highest BCUT2D eigenvalue weighted by Gasteiger charge is 2.23. The van der Waals surface area contributed by atoms with E-state index in [-0.39, 0.29) is 18.7 Å². The summed E-state index contributed by atoms with van der Waals surface area (Å²) >= 11 is 0. The molecule has 0 radical (unpaired) electrons. The van der Waals surface area contributed by atoms with Gasteiger partial charge in [0, 0.05) is 6.07 Å². The van der Waals surface area contributed by atoms with Crippen molar-refractivity contribution < 1.29 is 27.4 Å². The SMILES string of the molecule is CC(C)Oc1cccc(N(CC(=O)N[C@H](C)c2ccc3c(c2)OCCO3)S(C)(=O)=O)c1. The van der Waals surface area contributed by atoms with E-state index < -0.39 is 15.9 Å². The van der Waals surface area contributed by atoms with E-state index in [0.717, 1.165) is 16.1 Å². The Balaban J connectivity index is 1.73. The molecule has 1 atom stereocenters. The van der Waals surface area contributed by atoms with Crippen molar-refractivity contribution in [2.75, 3.05) is 30.3 Å². The van der Waals surface area contributed by atoms with Gasteiger partial charge in [0.25, 0.3) is 0 Å². The van der Waals surface area contributed by atoms with Gasteiger partial charge in [-0.05, 0) is 50.6 Å². The minimum absolute atomic E-state index is 0.0583. The Labute approximate surface area is 183 Å². The molecule has 1 heterocycles. The first kappa shape index (κ1) is 22.7. The van der Waals surface area contributed by atoms with Crippen LogP contribution in [0.5, 0.6) is 17.2 Å². The summed E-state index contributed by atoms with van der Waals surface area (Å²) < 4.78 is 42.6. The molecule has 0 unspecified atom stereocenters. The summed E-state index contributed by atoms with van der Waals surface area (Å²) in [7, 11) is -3.69. The molecule has 1 amide bonds. The molecule has 0 fully saturated rings. The molecule has 8 nitrogen and oxygen atoms in total. The zero-order valence-electron chi connectivity index (χ0n) is 18.1. The van der Waals surface area contributed by atoms with Crippen molar-refractivity contribution in [3.8, 4) is 17.2 Å². The van der Waals surface area contributed by atoms with Crippen LogP contribution in [0.25, 0.3) is 0 Å². The highest BCUT2D eigenvalue weighted by molar-refractivity contribution is 7.92. The Kier molecular flexibility index (Phi) is 6.94. The summed E-state index contributed by atoms with van der Waals surface area (Å²) in [6.45, 7) is 6.22. The number of amides is 1. The molecule has 31 heavy (non-hydrogen) atoms. The molecule has 0 spiro atoms. The smallest absolute Gasteiger partial charge is 0.241 e. The van der Waals surface area contributed by atoms with Crippen LogP contribution >= 0.6 is 0 Å². The van der Waals surface area contributed by atoms with E-state index in [2.05, 4.69) is 5.32 Å². The zero-order valence-corrected chi connectivity index (χ0v) is 18.9. The molecule has 1 aliphatic rings. The first-order chi connectivity index (χ1) is 14.6. The molecule has 0 saturated heterocycles. The Morgan fingerprint density at radius 3 is 2.48 bits per heavy atom. The molecule has 9 heteroatoms. The van der Waals surface area contributed by atoms with E-state index in [9.17, 15) is 13.2 Å². The summed E-state index contributed by atoms with van der Waals surface area (Å²) in [5.74, 6) is 1.40. The molecular formula is C22H28N2O6S. The van der Waals surface area contributed by atoms with Crippen molar-refractivity contribution in [3.63, 3.8) is 0 Å². The number of hydrogen-bond donors (Lipinski definition) is 1. The average molecular weight is 449 g/mol. The second-order valence-electron chi connectivity index (χ2n) is 7.63. The van der Waals surface area contributed by atoms with Gasteiger partial charge in [0.2, 0.25) is 15.9 Å². The third kappa shape index (κ3) is 6.04. The summed E-state index contributed by atoms with van der Waals surface area (Å²) in [4.78, 5) is 12.7. The van der Waals surface area contributed by atoms with Crippen molar-refractivity contribution in [1.82, 2.24) is 5.32 Å². The molecule has 1 N–H and O–H groups in total. The molecule has 2 aromatic carbocycles. The number of ether oxygens (including phenoxy) is 3. The maximum atomic E-state index is 12.7. The van der Waals surface area contributed by atoms with Crippen molar-refractivity contribution in [2.45, 2.75) is 32.9 Å². The zero-order chi connectivity index (χ0) is 22.6. The molecule has 2 aromatic rings. The second-order valence-corrected chi connectivity index (χ2v) is 9.53. The minimum Gasteiger partial charge on any atom is -0.491 e. The van der Waals surface area contributed by atoms with E-state index in [1.54, 1.807) is 30.3 Å². The lowest BCUT2D eigenvalue weighted by Crippen LogP contribution is -2.41. The van der Waals surface area contributed by atoms with Crippen LogP contribution < -0.4 is 23.8 Å². The lowest BCUT2D eigenvalue weighted by atomic mass is 10.1. The van der Waals surface area contributed by atoms with Crippen LogP contribution in [0.4, 0.5) is 5.69 Å². The molecule has 0 aliphatic carbocycles. The molecular weight excluding hydrogens is 420 g/mol. The third-order valence-electron chi connectivity index (χ3n) is 4.61.